The largest absolute Gasteiger partial charge is 0.496 e. The van der Waals surface area contributed by atoms with Crippen molar-refractivity contribution < 1.29 is 9.94 Å². The van der Waals surface area contributed by atoms with Gasteiger partial charge in [0.05, 0.1) is 12.7 Å². The maximum Gasteiger partial charge on any atom is 0.173 e. The monoisotopic (exact) mass is 291 g/mol. The van der Waals surface area contributed by atoms with Gasteiger partial charge in [0.2, 0.25) is 0 Å². The molecule has 0 unspecified atom stereocenters. The normalized spacial score (nSPS) is 24.0. The van der Waals surface area contributed by atoms with Crippen molar-refractivity contribution in [2.24, 2.45) is 10.9 Å². The van der Waals surface area contributed by atoms with E-state index in [4.69, 9.17) is 15.7 Å². The third kappa shape index (κ3) is 3.47. The number of benzene rings is 1. The molecule has 1 fully saturated rings. The van der Waals surface area contributed by atoms with Crippen molar-refractivity contribution in [3.8, 4) is 5.75 Å². The van der Waals surface area contributed by atoms with Gasteiger partial charge in [-0.15, -0.1) is 0 Å². The van der Waals surface area contributed by atoms with Crippen LogP contribution in [0.15, 0.2) is 23.4 Å². The number of nitrogens with zero attached hydrogens (tertiary/aromatic N) is 2. The van der Waals surface area contributed by atoms with Crippen molar-refractivity contribution >= 4 is 5.84 Å². The summed E-state index contributed by atoms with van der Waals surface area (Å²) < 4.78 is 5.36. The number of piperidine rings is 1. The van der Waals surface area contributed by atoms with Gasteiger partial charge in [0, 0.05) is 18.6 Å². The quantitative estimate of drug-likeness (QED) is 0.387. The van der Waals surface area contributed by atoms with Gasteiger partial charge in [-0.2, -0.15) is 0 Å². The summed E-state index contributed by atoms with van der Waals surface area (Å²) in [7, 11) is 1.60. The van der Waals surface area contributed by atoms with Crippen molar-refractivity contribution in [2.45, 2.75) is 51.7 Å². The van der Waals surface area contributed by atoms with Crippen molar-refractivity contribution in [1.29, 1.82) is 0 Å². The smallest absolute Gasteiger partial charge is 0.173 e. The Kier molecular flexibility index (Phi) is 5.07. The minimum absolute atomic E-state index is 0.0677. The summed E-state index contributed by atoms with van der Waals surface area (Å²) in [5, 5.41) is 11.8. The summed E-state index contributed by atoms with van der Waals surface area (Å²) >= 11 is 0. The van der Waals surface area contributed by atoms with Crippen molar-refractivity contribution in [1.82, 2.24) is 4.90 Å². The van der Waals surface area contributed by atoms with E-state index in [-0.39, 0.29) is 5.84 Å². The third-order valence-corrected chi connectivity index (χ3v) is 4.39. The molecule has 0 amide bonds. The predicted molar refractivity (Wildman–Crippen MR) is 83.8 cm³/mol. The van der Waals surface area contributed by atoms with E-state index in [2.05, 4.69) is 23.9 Å². The fourth-order valence-corrected chi connectivity index (χ4v) is 3.10. The summed E-state index contributed by atoms with van der Waals surface area (Å²) in [5.74, 6) is 0.707. The molecule has 1 aromatic rings. The number of amidine groups is 1. The van der Waals surface area contributed by atoms with Gasteiger partial charge in [-0.05, 0) is 44.4 Å². The van der Waals surface area contributed by atoms with E-state index in [1.807, 2.05) is 18.2 Å². The molecule has 1 aliphatic rings. The molecule has 116 valence electrons. The van der Waals surface area contributed by atoms with Crippen LogP contribution in [0, 0.1) is 0 Å². The fraction of sp³-hybridized carbons (Fsp3) is 0.562. The van der Waals surface area contributed by atoms with Gasteiger partial charge in [-0.1, -0.05) is 17.6 Å². The van der Waals surface area contributed by atoms with Crippen molar-refractivity contribution in [2.75, 3.05) is 7.11 Å². The van der Waals surface area contributed by atoms with E-state index in [9.17, 15) is 0 Å². The highest BCUT2D eigenvalue weighted by Gasteiger charge is 2.24. The van der Waals surface area contributed by atoms with Gasteiger partial charge >= 0.3 is 0 Å². The second kappa shape index (κ2) is 6.80. The third-order valence-electron chi connectivity index (χ3n) is 4.39. The maximum absolute atomic E-state index is 8.81. The lowest BCUT2D eigenvalue weighted by Gasteiger charge is -2.39. The SMILES string of the molecule is COc1cc(CN2[C@H](C)CCC[C@@H]2C)ccc1/C(N)=N/O. The minimum Gasteiger partial charge on any atom is -0.496 e. The highest BCUT2D eigenvalue weighted by Crippen LogP contribution is 2.27. The second-order valence-corrected chi connectivity index (χ2v) is 5.82. The lowest BCUT2D eigenvalue weighted by Crippen LogP contribution is -2.42. The van der Waals surface area contributed by atoms with Crippen LogP contribution in [0.4, 0.5) is 0 Å². The van der Waals surface area contributed by atoms with Crippen LogP contribution < -0.4 is 10.5 Å². The lowest BCUT2D eigenvalue weighted by atomic mass is 9.96. The van der Waals surface area contributed by atoms with Crippen LogP contribution in [0.5, 0.6) is 5.75 Å². The van der Waals surface area contributed by atoms with Crippen LogP contribution in [0.25, 0.3) is 0 Å². The summed E-state index contributed by atoms with van der Waals surface area (Å²) in [6.07, 6.45) is 3.82. The van der Waals surface area contributed by atoms with Crippen LogP contribution in [-0.4, -0.2) is 35.1 Å². The first-order valence-electron chi connectivity index (χ1n) is 7.47. The van der Waals surface area contributed by atoms with Gasteiger partial charge in [0.15, 0.2) is 5.84 Å². The molecular formula is C16H25N3O2. The number of hydrogen-bond acceptors (Lipinski definition) is 4. The highest BCUT2D eigenvalue weighted by atomic mass is 16.5. The number of methoxy groups -OCH3 is 1. The number of hydrogen-bond donors (Lipinski definition) is 2. The summed E-state index contributed by atoms with van der Waals surface area (Å²) in [4.78, 5) is 2.53. The Hall–Kier alpha value is -1.75. The molecule has 0 radical (unpaired) electrons. The number of oxime groups is 1. The van der Waals surface area contributed by atoms with Crippen LogP contribution in [0.2, 0.25) is 0 Å². The molecule has 0 bridgehead atoms. The number of ether oxygens (including phenoxy) is 1. The summed E-state index contributed by atoms with van der Waals surface area (Å²) in [5.41, 5.74) is 7.46. The van der Waals surface area contributed by atoms with E-state index in [0.717, 1.165) is 6.54 Å². The maximum atomic E-state index is 8.81. The van der Waals surface area contributed by atoms with Gasteiger partial charge in [-0.3, -0.25) is 4.90 Å². The van der Waals surface area contributed by atoms with E-state index < -0.39 is 0 Å². The van der Waals surface area contributed by atoms with E-state index >= 15 is 0 Å². The summed E-state index contributed by atoms with van der Waals surface area (Å²) in [6, 6.07) is 7.04. The Labute approximate surface area is 126 Å². The molecule has 1 saturated heterocycles. The Bertz CT molecular complexity index is 506. The Morgan fingerprint density at radius 3 is 2.62 bits per heavy atom. The Balaban J connectivity index is 2.21. The average Bonchev–Trinajstić information content (AvgIpc) is 2.50. The molecule has 1 aromatic carbocycles. The van der Waals surface area contributed by atoms with E-state index in [1.165, 1.54) is 24.8 Å². The first kappa shape index (κ1) is 15.6. The molecule has 5 heteroatoms. The van der Waals surface area contributed by atoms with Gasteiger partial charge in [0.1, 0.15) is 5.75 Å². The number of likely N-dealkylation sites (tertiary alicyclic amines) is 1. The molecule has 0 saturated carbocycles. The second-order valence-electron chi connectivity index (χ2n) is 5.82. The summed E-state index contributed by atoms with van der Waals surface area (Å²) in [6.45, 7) is 5.48. The molecular weight excluding hydrogens is 266 g/mol. The van der Waals surface area contributed by atoms with Gasteiger partial charge < -0.3 is 15.7 Å². The molecule has 0 aliphatic carbocycles. The topological polar surface area (TPSA) is 71.1 Å². The first-order valence-corrected chi connectivity index (χ1v) is 7.47. The standard InChI is InChI=1S/C16H25N3O2/c1-11-5-4-6-12(2)19(11)10-13-7-8-14(16(17)18-20)15(9-13)21-3/h7-9,11-12,20H,4-6,10H2,1-3H3,(H2,17,18)/t11-,12+. The fourth-order valence-electron chi connectivity index (χ4n) is 3.10. The van der Waals surface area contributed by atoms with Crippen LogP contribution in [-0.2, 0) is 6.54 Å². The molecule has 2 atom stereocenters. The molecule has 1 heterocycles. The molecule has 2 rings (SSSR count). The van der Waals surface area contributed by atoms with Crippen molar-refractivity contribution in [3.05, 3.63) is 29.3 Å². The number of rotatable bonds is 4. The van der Waals surface area contributed by atoms with E-state index in [1.54, 1.807) is 7.11 Å². The Morgan fingerprint density at radius 1 is 1.38 bits per heavy atom. The van der Waals surface area contributed by atoms with Crippen molar-refractivity contribution in [3.63, 3.8) is 0 Å². The van der Waals surface area contributed by atoms with Crippen LogP contribution in [0.1, 0.15) is 44.2 Å². The van der Waals surface area contributed by atoms with Gasteiger partial charge in [-0.25, -0.2) is 0 Å². The van der Waals surface area contributed by atoms with E-state index in [0.29, 0.717) is 23.4 Å². The van der Waals surface area contributed by atoms with Crippen LogP contribution in [0.3, 0.4) is 0 Å². The highest BCUT2D eigenvalue weighted by molar-refractivity contribution is 5.99. The van der Waals surface area contributed by atoms with Gasteiger partial charge in [0.25, 0.3) is 0 Å². The predicted octanol–water partition coefficient (Wildman–Crippen LogP) is 2.55. The molecule has 1 aliphatic heterocycles. The van der Waals surface area contributed by atoms with Crippen LogP contribution >= 0.6 is 0 Å². The molecule has 21 heavy (non-hydrogen) atoms. The minimum atomic E-state index is 0.0677. The first-order chi connectivity index (χ1) is 10.1. The molecule has 0 aromatic heterocycles. The zero-order valence-electron chi connectivity index (χ0n) is 13.0. The lowest BCUT2D eigenvalue weighted by molar-refractivity contribution is 0.0952. The number of nitrogens with two attached hydrogens (primary N) is 1. The average molecular weight is 291 g/mol. The Morgan fingerprint density at radius 2 is 2.05 bits per heavy atom. The zero-order valence-corrected chi connectivity index (χ0v) is 13.0. The zero-order chi connectivity index (χ0) is 15.4. The molecule has 3 N–H and O–H groups in total. The molecule has 5 nitrogen and oxygen atoms in total. The molecule has 0 spiro atoms.